The predicted molar refractivity (Wildman–Crippen MR) is 142 cm³/mol. The molecule has 2 atom stereocenters. The Balaban J connectivity index is 1.39. The maximum atomic E-state index is 13.5. The van der Waals surface area contributed by atoms with Crippen LogP contribution in [0.5, 0.6) is 0 Å². The van der Waals surface area contributed by atoms with Crippen LogP contribution >= 0.6 is 0 Å². The van der Waals surface area contributed by atoms with Gasteiger partial charge in [0.1, 0.15) is 6.17 Å². The van der Waals surface area contributed by atoms with E-state index in [1.165, 1.54) is 6.08 Å². The zero-order chi connectivity index (χ0) is 26.7. The molecule has 1 saturated heterocycles. The van der Waals surface area contributed by atoms with E-state index in [0.717, 1.165) is 16.8 Å². The molecule has 0 radical (unpaired) electrons. The van der Waals surface area contributed by atoms with E-state index in [9.17, 15) is 14.4 Å². The molecule has 3 aliphatic rings. The molecular formula is C27H39N7O3. The fourth-order valence-corrected chi connectivity index (χ4v) is 5.39. The van der Waals surface area contributed by atoms with Crippen LogP contribution in [0.2, 0.25) is 0 Å². The summed E-state index contributed by atoms with van der Waals surface area (Å²) in [4.78, 5) is 44.0. The SMILES string of the molecule is C=CC(=O)N1CCC(C(=O)NC2NNC3=C2CN(C(=O)N[C@H](CN(C)C)c2ccccc2)C3(C)C)CC1. The van der Waals surface area contributed by atoms with Crippen LogP contribution < -0.4 is 21.5 Å². The lowest BCUT2D eigenvalue weighted by molar-refractivity contribution is -0.132. The van der Waals surface area contributed by atoms with Crippen molar-refractivity contribution in [3.8, 4) is 0 Å². The Morgan fingerprint density at radius 2 is 1.86 bits per heavy atom. The summed E-state index contributed by atoms with van der Waals surface area (Å²) in [6.45, 7) is 9.71. The van der Waals surface area contributed by atoms with E-state index in [-0.39, 0.29) is 29.8 Å². The van der Waals surface area contributed by atoms with Gasteiger partial charge in [-0.15, -0.1) is 0 Å². The van der Waals surface area contributed by atoms with Crippen LogP contribution in [0.3, 0.4) is 0 Å². The van der Waals surface area contributed by atoms with Crippen LogP contribution in [0.15, 0.2) is 54.3 Å². The van der Waals surface area contributed by atoms with E-state index in [2.05, 4.69) is 33.0 Å². The lowest BCUT2D eigenvalue weighted by Crippen LogP contribution is -2.57. The third-order valence-electron chi connectivity index (χ3n) is 7.56. The van der Waals surface area contributed by atoms with Crippen LogP contribution in [0, 0.1) is 5.92 Å². The molecular weight excluding hydrogens is 470 g/mol. The van der Waals surface area contributed by atoms with Gasteiger partial charge in [0, 0.05) is 37.7 Å². The van der Waals surface area contributed by atoms with Crippen LogP contribution in [0.4, 0.5) is 4.79 Å². The van der Waals surface area contributed by atoms with Gasteiger partial charge in [-0.1, -0.05) is 36.9 Å². The smallest absolute Gasteiger partial charge is 0.318 e. The zero-order valence-electron chi connectivity index (χ0n) is 22.2. The molecule has 4 rings (SSSR count). The van der Waals surface area contributed by atoms with Gasteiger partial charge in [-0.05, 0) is 52.4 Å². The number of amides is 4. The number of benzene rings is 1. The molecule has 3 aliphatic heterocycles. The van der Waals surface area contributed by atoms with Crippen molar-refractivity contribution in [1.29, 1.82) is 0 Å². The molecule has 0 spiro atoms. The summed E-state index contributed by atoms with van der Waals surface area (Å²) >= 11 is 0. The van der Waals surface area contributed by atoms with Crippen molar-refractivity contribution in [3.63, 3.8) is 0 Å². The molecule has 4 N–H and O–H groups in total. The largest absolute Gasteiger partial charge is 0.339 e. The minimum absolute atomic E-state index is 0.0467. The molecule has 0 saturated carbocycles. The van der Waals surface area contributed by atoms with Gasteiger partial charge in [0.25, 0.3) is 0 Å². The molecule has 0 aromatic heterocycles. The number of urea groups is 1. The van der Waals surface area contributed by atoms with Crippen LogP contribution in [-0.2, 0) is 9.59 Å². The van der Waals surface area contributed by atoms with Gasteiger partial charge in [-0.3, -0.25) is 9.59 Å². The quantitative estimate of drug-likeness (QED) is 0.413. The van der Waals surface area contributed by atoms with Crippen LogP contribution in [-0.4, -0.2) is 84.5 Å². The number of carbonyl (C=O) groups excluding carboxylic acids is 3. The second-order valence-electron chi connectivity index (χ2n) is 10.7. The first-order valence-electron chi connectivity index (χ1n) is 12.9. The zero-order valence-corrected chi connectivity index (χ0v) is 22.2. The first-order chi connectivity index (χ1) is 17.6. The Bertz CT molecular complexity index is 1060. The summed E-state index contributed by atoms with van der Waals surface area (Å²) in [5.74, 6) is -0.302. The van der Waals surface area contributed by atoms with Crippen molar-refractivity contribution in [2.75, 3.05) is 40.3 Å². The van der Waals surface area contributed by atoms with Gasteiger partial charge in [-0.2, -0.15) is 0 Å². The highest BCUT2D eigenvalue weighted by Gasteiger charge is 2.48. The maximum absolute atomic E-state index is 13.5. The van der Waals surface area contributed by atoms with Gasteiger partial charge in [0.15, 0.2) is 0 Å². The molecule has 1 aromatic rings. The number of rotatable bonds is 7. The fourth-order valence-electron chi connectivity index (χ4n) is 5.39. The van der Waals surface area contributed by atoms with Crippen LogP contribution in [0.25, 0.3) is 0 Å². The van der Waals surface area contributed by atoms with E-state index in [4.69, 9.17) is 0 Å². The summed E-state index contributed by atoms with van der Waals surface area (Å²) < 4.78 is 0. The predicted octanol–water partition coefficient (Wildman–Crippen LogP) is 1.32. The Kier molecular flexibility index (Phi) is 7.89. The van der Waals surface area contributed by atoms with Gasteiger partial charge in [0.2, 0.25) is 11.8 Å². The number of hydrogen-bond acceptors (Lipinski definition) is 6. The highest BCUT2D eigenvalue weighted by Crippen LogP contribution is 2.36. The van der Waals surface area contributed by atoms with Crippen molar-refractivity contribution >= 4 is 17.8 Å². The normalized spacial score (nSPS) is 21.9. The molecule has 1 aromatic carbocycles. The van der Waals surface area contributed by atoms with Gasteiger partial charge in [0.05, 0.1) is 17.3 Å². The van der Waals surface area contributed by atoms with E-state index < -0.39 is 11.7 Å². The molecule has 10 nitrogen and oxygen atoms in total. The van der Waals surface area contributed by atoms with Gasteiger partial charge >= 0.3 is 6.03 Å². The molecule has 0 bridgehead atoms. The Morgan fingerprint density at radius 3 is 2.49 bits per heavy atom. The topological polar surface area (TPSA) is 109 Å². The van der Waals surface area contributed by atoms with Gasteiger partial charge in [-0.25, -0.2) is 10.2 Å². The van der Waals surface area contributed by atoms with Crippen molar-refractivity contribution in [2.24, 2.45) is 5.92 Å². The highest BCUT2D eigenvalue weighted by atomic mass is 16.2. The van der Waals surface area contributed by atoms with E-state index in [0.29, 0.717) is 39.0 Å². The number of hydrogen-bond donors (Lipinski definition) is 4. The maximum Gasteiger partial charge on any atom is 0.318 e. The molecule has 1 fully saturated rings. The summed E-state index contributed by atoms with van der Waals surface area (Å²) in [6.07, 6.45) is 2.14. The number of piperidine rings is 1. The highest BCUT2D eigenvalue weighted by molar-refractivity contribution is 5.87. The van der Waals surface area contributed by atoms with E-state index in [1.54, 1.807) is 4.90 Å². The Hall–Kier alpha value is -3.37. The molecule has 200 valence electrons. The van der Waals surface area contributed by atoms with Crippen molar-refractivity contribution in [1.82, 2.24) is 36.2 Å². The third kappa shape index (κ3) is 5.65. The number of carbonyl (C=O) groups is 3. The van der Waals surface area contributed by atoms with E-state index >= 15 is 0 Å². The van der Waals surface area contributed by atoms with Gasteiger partial charge < -0.3 is 30.8 Å². The number of nitrogens with zero attached hydrogens (tertiary/aromatic N) is 3. The molecule has 10 heteroatoms. The van der Waals surface area contributed by atoms with Crippen molar-refractivity contribution in [3.05, 3.63) is 59.8 Å². The average molecular weight is 510 g/mol. The van der Waals surface area contributed by atoms with Crippen molar-refractivity contribution in [2.45, 2.75) is 44.4 Å². The monoisotopic (exact) mass is 509 g/mol. The van der Waals surface area contributed by atoms with Crippen molar-refractivity contribution < 1.29 is 14.4 Å². The second-order valence-corrected chi connectivity index (χ2v) is 10.7. The second kappa shape index (κ2) is 10.9. The summed E-state index contributed by atoms with van der Waals surface area (Å²) in [7, 11) is 3.98. The minimum atomic E-state index is -0.582. The number of hydrazine groups is 1. The first-order valence-corrected chi connectivity index (χ1v) is 12.9. The van der Waals surface area contributed by atoms with E-state index in [1.807, 2.05) is 63.2 Å². The summed E-state index contributed by atoms with van der Waals surface area (Å²) in [6, 6.07) is 9.66. The fraction of sp³-hybridized carbons (Fsp3) is 0.519. The first kappa shape index (κ1) is 26.7. The Labute approximate surface area is 219 Å². The molecule has 1 unspecified atom stereocenters. The summed E-state index contributed by atoms with van der Waals surface area (Å²) in [5, 5.41) is 6.33. The molecule has 4 amide bonds. The minimum Gasteiger partial charge on any atom is -0.339 e. The average Bonchev–Trinajstić information content (AvgIpc) is 3.41. The number of nitrogens with one attached hydrogen (secondary N) is 4. The number of likely N-dealkylation sites (N-methyl/N-ethyl adjacent to an activating group) is 1. The standard InChI is InChI=1S/C27H39N7O3/c1-6-22(35)33-14-12-19(13-15-33)25(36)29-24-20-16-34(27(2,3)23(20)30-31-24)26(37)28-21(17-32(4)5)18-10-8-7-9-11-18/h6-11,19,21,24,30-31H,1,12-17H2,2-5H3,(H,28,37)(H,29,36)/t21-,24?/m1/s1. The third-order valence-corrected chi connectivity index (χ3v) is 7.56. The van der Waals surface area contributed by atoms with Crippen LogP contribution in [0.1, 0.15) is 38.3 Å². The Morgan fingerprint density at radius 1 is 1.19 bits per heavy atom. The number of likely N-dealkylation sites (tertiary alicyclic amines) is 1. The molecule has 3 heterocycles. The molecule has 0 aliphatic carbocycles. The lowest BCUT2D eigenvalue weighted by Gasteiger charge is -2.37. The summed E-state index contributed by atoms with van der Waals surface area (Å²) in [5.41, 5.74) is 8.72. The lowest BCUT2D eigenvalue weighted by atomic mass is 9.95. The molecule has 37 heavy (non-hydrogen) atoms.